The molecule has 5 nitrogen and oxygen atoms in total. The van der Waals surface area contributed by atoms with Gasteiger partial charge in [0.25, 0.3) is 0 Å². The summed E-state index contributed by atoms with van der Waals surface area (Å²) in [5.41, 5.74) is 0.929. The fourth-order valence-corrected chi connectivity index (χ4v) is 2.81. The summed E-state index contributed by atoms with van der Waals surface area (Å²) < 4.78 is 5.53. The normalized spacial score (nSPS) is 18.8. The molecule has 1 saturated heterocycles. The van der Waals surface area contributed by atoms with Crippen molar-refractivity contribution in [3.05, 3.63) is 29.8 Å². The molecule has 23 heavy (non-hydrogen) atoms. The van der Waals surface area contributed by atoms with Crippen LogP contribution < -0.4 is 10.1 Å². The Labute approximate surface area is 137 Å². The molecule has 126 valence electrons. The third-order valence-electron chi connectivity index (χ3n) is 4.36. The number of rotatable bonds is 8. The number of hydrogen-bond donors (Lipinski definition) is 2. The van der Waals surface area contributed by atoms with Gasteiger partial charge in [0.05, 0.1) is 5.92 Å². The fourth-order valence-electron chi connectivity index (χ4n) is 2.81. The first-order chi connectivity index (χ1) is 11.0. The molecule has 2 rings (SSSR count). The van der Waals surface area contributed by atoms with E-state index in [9.17, 15) is 14.7 Å². The van der Waals surface area contributed by atoms with E-state index in [4.69, 9.17) is 4.74 Å². The molecule has 0 unspecified atom stereocenters. The van der Waals surface area contributed by atoms with Crippen molar-refractivity contribution < 1.29 is 19.4 Å². The van der Waals surface area contributed by atoms with Crippen molar-refractivity contribution in [2.75, 3.05) is 19.7 Å². The summed E-state index contributed by atoms with van der Waals surface area (Å²) in [5.74, 6) is -0.359. The van der Waals surface area contributed by atoms with Crippen LogP contribution in [0.15, 0.2) is 24.3 Å². The van der Waals surface area contributed by atoms with Crippen molar-refractivity contribution in [2.45, 2.75) is 26.7 Å². The van der Waals surface area contributed by atoms with Gasteiger partial charge in [0.1, 0.15) is 12.4 Å². The molecule has 1 fully saturated rings. The molecule has 0 saturated carbocycles. The highest BCUT2D eigenvalue weighted by atomic mass is 16.5. The van der Waals surface area contributed by atoms with E-state index in [2.05, 4.69) is 5.32 Å². The van der Waals surface area contributed by atoms with Gasteiger partial charge in [-0.05, 0) is 49.5 Å². The molecule has 0 radical (unpaired) electrons. The molecule has 0 amide bonds. The van der Waals surface area contributed by atoms with Crippen LogP contribution in [0.1, 0.15) is 25.8 Å². The molecule has 1 heterocycles. The molecule has 1 aromatic carbocycles. The van der Waals surface area contributed by atoms with Gasteiger partial charge in [-0.2, -0.15) is 0 Å². The molecule has 0 aliphatic carbocycles. The predicted octanol–water partition coefficient (Wildman–Crippen LogP) is 2.14. The highest BCUT2D eigenvalue weighted by Crippen LogP contribution is 2.25. The maximum Gasteiger partial charge on any atom is 0.307 e. The van der Waals surface area contributed by atoms with Crippen LogP contribution in [0.25, 0.3) is 0 Å². The highest BCUT2D eigenvalue weighted by Gasteiger charge is 2.30. The van der Waals surface area contributed by atoms with Crippen LogP contribution in [-0.4, -0.2) is 36.6 Å². The van der Waals surface area contributed by atoms with E-state index in [1.54, 1.807) is 6.07 Å². The van der Waals surface area contributed by atoms with Crippen LogP contribution in [0.3, 0.4) is 0 Å². The van der Waals surface area contributed by atoms with E-state index in [0.717, 1.165) is 25.1 Å². The number of nitrogens with one attached hydrogen (secondary N) is 1. The summed E-state index contributed by atoms with van der Waals surface area (Å²) in [4.78, 5) is 23.2. The van der Waals surface area contributed by atoms with Crippen molar-refractivity contribution >= 4 is 11.8 Å². The van der Waals surface area contributed by atoms with Crippen molar-refractivity contribution in [2.24, 2.45) is 17.8 Å². The van der Waals surface area contributed by atoms with Crippen molar-refractivity contribution in [1.29, 1.82) is 0 Å². The third kappa shape index (κ3) is 5.06. The molecule has 0 bridgehead atoms. The lowest BCUT2D eigenvalue weighted by molar-refractivity contribution is -0.143. The Balaban J connectivity index is 2.00. The molecule has 5 heteroatoms. The number of ether oxygens (including phenoxy) is 1. The van der Waals surface area contributed by atoms with Gasteiger partial charge in [-0.15, -0.1) is 0 Å². The van der Waals surface area contributed by atoms with Gasteiger partial charge < -0.3 is 15.2 Å². The molecule has 1 aliphatic rings. The van der Waals surface area contributed by atoms with Crippen molar-refractivity contribution in [3.63, 3.8) is 0 Å². The van der Waals surface area contributed by atoms with E-state index in [1.165, 1.54) is 0 Å². The summed E-state index contributed by atoms with van der Waals surface area (Å²) in [6.45, 7) is 5.38. The van der Waals surface area contributed by atoms with Gasteiger partial charge in [-0.25, -0.2) is 0 Å². The van der Waals surface area contributed by atoms with Crippen LogP contribution in [0.5, 0.6) is 5.75 Å². The summed E-state index contributed by atoms with van der Waals surface area (Å²) in [7, 11) is 0. The number of carbonyl (C=O) groups is 2. The van der Waals surface area contributed by atoms with Gasteiger partial charge in [0, 0.05) is 5.92 Å². The topological polar surface area (TPSA) is 75.6 Å². The first-order valence-electron chi connectivity index (χ1n) is 8.15. The first kappa shape index (κ1) is 17.5. The van der Waals surface area contributed by atoms with Crippen LogP contribution in [0.4, 0.5) is 0 Å². The second kappa shape index (κ2) is 8.11. The average Bonchev–Trinajstić information content (AvgIpc) is 3.04. The Bertz CT molecular complexity index is 550. The lowest BCUT2D eigenvalue weighted by Crippen LogP contribution is -2.27. The maximum atomic E-state index is 11.6. The van der Waals surface area contributed by atoms with E-state index >= 15 is 0 Å². The molecule has 0 aromatic heterocycles. The zero-order valence-corrected chi connectivity index (χ0v) is 13.7. The monoisotopic (exact) mass is 319 g/mol. The van der Waals surface area contributed by atoms with Gasteiger partial charge >= 0.3 is 5.97 Å². The Kier molecular flexibility index (Phi) is 6.16. The van der Waals surface area contributed by atoms with E-state index in [1.807, 2.05) is 32.0 Å². The highest BCUT2D eigenvalue weighted by molar-refractivity contribution is 5.81. The van der Waals surface area contributed by atoms with Gasteiger partial charge in [-0.3, -0.25) is 9.59 Å². The number of Topliss-reactive ketones (excluding diaryl/α,β-unsaturated/α-hetero) is 1. The number of ketones is 1. The molecule has 1 aliphatic heterocycles. The third-order valence-corrected chi connectivity index (χ3v) is 4.36. The van der Waals surface area contributed by atoms with Crippen LogP contribution in [0.2, 0.25) is 0 Å². The van der Waals surface area contributed by atoms with E-state index in [0.29, 0.717) is 12.2 Å². The maximum absolute atomic E-state index is 11.6. The van der Waals surface area contributed by atoms with Gasteiger partial charge in [0.15, 0.2) is 5.78 Å². The number of carboxylic acid groups (broad SMARTS) is 1. The smallest absolute Gasteiger partial charge is 0.307 e. The Morgan fingerprint density at radius 1 is 1.39 bits per heavy atom. The SMILES string of the molecule is CC(C)C(=O)COc1cccc(C[C@H](C(=O)O)[C@H]2CCNC2)c1. The minimum atomic E-state index is -0.750. The van der Waals surface area contributed by atoms with E-state index in [-0.39, 0.29) is 24.2 Å². The molecule has 2 N–H and O–H groups in total. The summed E-state index contributed by atoms with van der Waals surface area (Å²) >= 11 is 0. The lowest BCUT2D eigenvalue weighted by atomic mass is 9.86. The van der Waals surface area contributed by atoms with Gasteiger partial charge in [0.2, 0.25) is 0 Å². The molecular weight excluding hydrogens is 294 g/mol. The van der Waals surface area contributed by atoms with Crippen LogP contribution in [0, 0.1) is 17.8 Å². The number of carbonyl (C=O) groups excluding carboxylic acids is 1. The zero-order valence-electron chi connectivity index (χ0n) is 13.7. The second-order valence-corrected chi connectivity index (χ2v) is 6.46. The standard InChI is InChI=1S/C18H25NO4/c1-12(2)17(20)11-23-15-5-3-4-13(8-15)9-16(18(21)22)14-6-7-19-10-14/h3-5,8,12,14,16,19H,6-7,9-11H2,1-2H3,(H,21,22)/t14-,16-/m0/s1. The van der Waals surface area contributed by atoms with Crippen molar-refractivity contribution in [1.82, 2.24) is 5.32 Å². The quantitative estimate of drug-likeness (QED) is 0.768. The average molecular weight is 319 g/mol. The molecule has 0 spiro atoms. The van der Waals surface area contributed by atoms with Crippen LogP contribution in [-0.2, 0) is 16.0 Å². The number of hydrogen-bond acceptors (Lipinski definition) is 4. The summed E-state index contributed by atoms with van der Waals surface area (Å²) in [5, 5.41) is 12.7. The molecule has 1 aromatic rings. The van der Waals surface area contributed by atoms with Crippen molar-refractivity contribution in [3.8, 4) is 5.75 Å². The predicted molar refractivity (Wildman–Crippen MR) is 87.6 cm³/mol. The minimum absolute atomic E-state index is 0.0514. The number of aliphatic carboxylic acids is 1. The Morgan fingerprint density at radius 3 is 2.78 bits per heavy atom. The van der Waals surface area contributed by atoms with Crippen LogP contribution >= 0.6 is 0 Å². The van der Waals surface area contributed by atoms with Gasteiger partial charge in [-0.1, -0.05) is 26.0 Å². The minimum Gasteiger partial charge on any atom is -0.486 e. The zero-order chi connectivity index (χ0) is 16.8. The fraction of sp³-hybridized carbons (Fsp3) is 0.556. The summed E-state index contributed by atoms with van der Waals surface area (Å²) in [6, 6.07) is 7.39. The van der Waals surface area contributed by atoms with E-state index < -0.39 is 11.9 Å². The largest absolute Gasteiger partial charge is 0.486 e. The Morgan fingerprint density at radius 2 is 2.17 bits per heavy atom. The molecular formula is C18H25NO4. The first-order valence-corrected chi connectivity index (χ1v) is 8.15. The number of carboxylic acids is 1. The summed E-state index contributed by atoms with van der Waals surface area (Å²) in [6.07, 6.45) is 1.38. The second-order valence-electron chi connectivity index (χ2n) is 6.46. The number of benzene rings is 1. The lowest BCUT2D eigenvalue weighted by Gasteiger charge is -2.19. The molecule has 2 atom stereocenters. The Hall–Kier alpha value is -1.88.